The molecular formula is C20H29BFNO6S. The molecule has 0 saturated carbocycles. The second-order valence-corrected chi connectivity index (χ2v) is 10.5. The van der Waals surface area contributed by atoms with Crippen molar-refractivity contribution in [2.45, 2.75) is 70.2 Å². The highest BCUT2D eigenvalue weighted by molar-refractivity contribution is 7.86. The molecule has 0 bridgehead atoms. The van der Waals surface area contributed by atoms with Gasteiger partial charge < -0.3 is 19.4 Å². The Morgan fingerprint density at radius 3 is 2.20 bits per heavy atom. The van der Waals surface area contributed by atoms with Gasteiger partial charge in [-0.2, -0.15) is 8.42 Å². The standard InChI is InChI=1S/C20H29BFNO6S/c1-18(2,3)27-17(24)23-13-15(21-28-19(4,5)20(6,7)29-21)12-14-10-8-9-11-16(14)30(22,25)26/h8-12H,13H2,1-7H3,(H,23,24). The number of hydrogen-bond acceptors (Lipinski definition) is 6. The van der Waals surface area contributed by atoms with E-state index in [9.17, 15) is 17.1 Å². The van der Waals surface area contributed by atoms with Gasteiger partial charge in [0.2, 0.25) is 0 Å². The number of rotatable bonds is 5. The van der Waals surface area contributed by atoms with Gasteiger partial charge in [0.1, 0.15) is 10.5 Å². The lowest BCUT2D eigenvalue weighted by atomic mass is 9.77. The third-order valence-corrected chi connectivity index (χ3v) is 5.81. The highest BCUT2D eigenvalue weighted by atomic mass is 32.3. The molecule has 0 spiro atoms. The summed E-state index contributed by atoms with van der Waals surface area (Å²) < 4.78 is 54.1. The van der Waals surface area contributed by atoms with Crippen molar-refractivity contribution in [1.82, 2.24) is 5.32 Å². The van der Waals surface area contributed by atoms with Gasteiger partial charge in [-0.1, -0.05) is 24.3 Å². The number of carbonyl (C=O) groups is 1. The summed E-state index contributed by atoms with van der Waals surface area (Å²) >= 11 is 0. The maximum absolute atomic E-state index is 13.7. The van der Waals surface area contributed by atoms with E-state index in [0.717, 1.165) is 0 Å². The molecule has 166 valence electrons. The third kappa shape index (κ3) is 6.06. The maximum atomic E-state index is 13.7. The molecular weight excluding hydrogens is 412 g/mol. The molecule has 1 aliphatic rings. The molecule has 10 heteroatoms. The highest BCUT2D eigenvalue weighted by Crippen LogP contribution is 2.39. The molecule has 0 unspecified atom stereocenters. The fraction of sp³-hybridized carbons (Fsp3) is 0.550. The largest absolute Gasteiger partial charge is 0.492 e. The number of ether oxygens (including phenoxy) is 1. The van der Waals surface area contributed by atoms with E-state index in [1.165, 1.54) is 24.3 Å². The minimum atomic E-state index is -4.94. The predicted octanol–water partition coefficient (Wildman–Crippen LogP) is 3.88. The van der Waals surface area contributed by atoms with E-state index < -0.39 is 45.1 Å². The first-order valence-corrected chi connectivity index (χ1v) is 11.0. The Hall–Kier alpha value is -1.91. The van der Waals surface area contributed by atoms with Crippen LogP contribution in [0.4, 0.5) is 8.68 Å². The summed E-state index contributed by atoms with van der Waals surface area (Å²) in [6.07, 6.45) is 0.794. The summed E-state index contributed by atoms with van der Waals surface area (Å²) in [5, 5.41) is 2.62. The molecule has 30 heavy (non-hydrogen) atoms. The zero-order chi connectivity index (χ0) is 23.0. The predicted molar refractivity (Wildman–Crippen MR) is 113 cm³/mol. The van der Waals surface area contributed by atoms with Crippen molar-refractivity contribution in [3.63, 3.8) is 0 Å². The smallest absolute Gasteiger partial charge is 0.444 e. The molecule has 0 radical (unpaired) electrons. The van der Waals surface area contributed by atoms with Gasteiger partial charge >= 0.3 is 23.4 Å². The average Bonchev–Trinajstić information content (AvgIpc) is 2.77. The van der Waals surface area contributed by atoms with Gasteiger partial charge in [-0.05, 0) is 65.6 Å². The number of nitrogens with one attached hydrogen (secondary N) is 1. The zero-order valence-corrected chi connectivity index (χ0v) is 19.2. The fourth-order valence-electron chi connectivity index (χ4n) is 2.71. The second-order valence-electron chi connectivity index (χ2n) is 9.14. The Labute approximate surface area is 178 Å². The first-order chi connectivity index (χ1) is 13.5. The van der Waals surface area contributed by atoms with E-state index in [1.54, 1.807) is 26.8 Å². The summed E-state index contributed by atoms with van der Waals surface area (Å²) in [5.41, 5.74) is -1.47. The van der Waals surface area contributed by atoms with Gasteiger partial charge in [0.25, 0.3) is 0 Å². The second kappa shape index (κ2) is 8.32. The SMILES string of the molecule is CC(C)(C)OC(=O)NCC(=Cc1ccccc1S(=O)(=O)F)B1OC(C)(C)C(C)(C)O1. The highest BCUT2D eigenvalue weighted by Gasteiger charge is 2.52. The molecule has 1 heterocycles. The molecule has 1 aromatic rings. The maximum Gasteiger partial charge on any atom is 0.492 e. The van der Waals surface area contributed by atoms with Gasteiger partial charge in [0.15, 0.2) is 0 Å². The number of benzene rings is 1. The van der Waals surface area contributed by atoms with Crippen LogP contribution in [0, 0.1) is 0 Å². The minimum Gasteiger partial charge on any atom is -0.444 e. The lowest BCUT2D eigenvalue weighted by molar-refractivity contribution is 0.00578. The Bertz CT molecular complexity index is 921. The molecule has 0 aromatic heterocycles. The summed E-state index contributed by atoms with van der Waals surface area (Å²) in [5.74, 6) is 0. The fourth-order valence-corrected chi connectivity index (χ4v) is 3.36. The lowest BCUT2D eigenvalue weighted by Gasteiger charge is -2.32. The Balaban J connectivity index is 2.41. The molecule has 0 aliphatic carbocycles. The van der Waals surface area contributed by atoms with Gasteiger partial charge in [0, 0.05) is 6.54 Å². The van der Waals surface area contributed by atoms with E-state index in [0.29, 0.717) is 5.47 Å². The normalized spacial score (nSPS) is 18.9. The monoisotopic (exact) mass is 441 g/mol. The summed E-state index contributed by atoms with van der Waals surface area (Å²) in [7, 11) is -5.82. The molecule has 0 atom stereocenters. The van der Waals surface area contributed by atoms with E-state index in [4.69, 9.17) is 14.0 Å². The molecule has 1 fully saturated rings. The van der Waals surface area contributed by atoms with Crippen molar-refractivity contribution in [1.29, 1.82) is 0 Å². The zero-order valence-electron chi connectivity index (χ0n) is 18.4. The molecule has 1 aliphatic heterocycles. The van der Waals surface area contributed by atoms with Crippen LogP contribution in [0.25, 0.3) is 6.08 Å². The Morgan fingerprint density at radius 1 is 1.17 bits per heavy atom. The van der Waals surface area contributed by atoms with Crippen molar-refractivity contribution in [2.75, 3.05) is 6.54 Å². The topological polar surface area (TPSA) is 90.9 Å². The van der Waals surface area contributed by atoms with Gasteiger partial charge in [-0.3, -0.25) is 0 Å². The van der Waals surface area contributed by atoms with E-state index in [1.807, 2.05) is 27.7 Å². The van der Waals surface area contributed by atoms with Crippen LogP contribution >= 0.6 is 0 Å². The van der Waals surface area contributed by atoms with Crippen LogP contribution in [0.15, 0.2) is 34.6 Å². The first kappa shape index (κ1) is 24.4. The van der Waals surface area contributed by atoms with Crippen LogP contribution in [-0.2, 0) is 24.3 Å². The van der Waals surface area contributed by atoms with Crippen molar-refractivity contribution in [3.8, 4) is 0 Å². The number of amides is 1. The van der Waals surface area contributed by atoms with Crippen LogP contribution in [-0.4, -0.2) is 45.0 Å². The van der Waals surface area contributed by atoms with Crippen LogP contribution in [0.3, 0.4) is 0 Å². The number of halogens is 1. The third-order valence-electron chi connectivity index (χ3n) is 4.91. The molecule has 1 N–H and O–H groups in total. The molecule has 1 saturated heterocycles. The van der Waals surface area contributed by atoms with Crippen molar-refractivity contribution in [3.05, 3.63) is 35.3 Å². The summed E-state index contributed by atoms with van der Waals surface area (Å²) in [6.45, 7) is 12.6. The Kier molecular flexibility index (Phi) is 6.76. The number of alkyl carbamates (subject to hydrolysis) is 1. The van der Waals surface area contributed by atoms with Gasteiger partial charge in [0.05, 0.1) is 11.2 Å². The molecule has 2 rings (SSSR count). The van der Waals surface area contributed by atoms with Crippen molar-refractivity contribution >= 4 is 29.5 Å². The van der Waals surface area contributed by atoms with Gasteiger partial charge in [-0.25, -0.2) is 4.79 Å². The van der Waals surface area contributed by atoms with Crippen molar-refractivity contribution < 1.29 is 31.1 Å². The molecule has 1 aromatic carbocycles. The van der Waals surface area contributed by atoms with Crippen LogP contribution < -0.4 is 5.32 Å². The van der Waals surface area contributed by atoms with Crippen LogP contribution in [0.2, 0.25) is 0 Å². The quantitative estimate of drug-likeness (QED) is 0.551. The molecule has 1 amide bonds. The van der Waals surface area contributed by atoms with Gasteiger partial charge in [-0.15, -0.1) is 3.89 Å². The lowest BCUT2D eigenvalue weighted by Crippen LogP contribution is -2.41. The number of carbonyl (C=O) groups excluding carboxylic acids is 1. The Morgan fingerprint density at radius 2 is 1.70 bits per heavy atom. The van der Waals surface area contributed by atoms with E-state index in [-0.39, 0.29) is 12.1 Å². The van der Waals surface area contributed by atoms with Crippen molar-refractivity contribution in [2.24, 2.45) is 0 Å². The summed E-state index contributed by atoms with van der Waals surface area (Å²) in [4.78, 5) is 11.6. The summed E-state index contributed by atoms with van der Waals surface area (Å²) in [6, 6.07) is 5.65. The average molecular weight is 441 g/mol. The van der Waals surface area contributed by atoms with Crippen LogP contribution in [0.1, 0.15) is 54.0 Å². The van der Waals surface area contributed by atoms with E-state index >= 15 is 0 Å². The minimum absolute atomic E-state index is 0.0492. The number of hydrogen-bond donors (Lipinski definition) is 1. The van der Waals surface area contributed by atoms with Crippen LogP contribution in [0.5, 0.6) is 0 Å². The molecule has 7 nitrogen and oxygen atoms in total. The van der Waals surface area contributed by atoms with E-state index in [2.05, 4.69) is 5.32 Å². The first-order valence-electron chi connectivity index (χ1n) is 9.58.